The minimum atomic E-state index is -0.234. The number of furan rings is 1. The van der Waals surface area contributed by atoms with Crippen molar-refractivity contribution in [1.29, 1.82) is 0 Å². The van der Waals surface area contributed by atoms with E-state index < -0.39 is 0 Å². The van der Waals surface area contributed by atoms with Crippen LogP contribution in [0.4, 0.5) is 5.82 Å². The van der Waals surface area contributed by atoms with Crippen LogP contribution >= 0.6 is 0 Å². The molecule has 6 heteroatoms. The molecule has 1 amide bonds. The van der Waals surface area contributed by atoms with E-state index in [1.54, 1.807) is 12.3 Å². The molecule has 1 saturated heterocycles. The van der Waals surface area contributed by atoms with Crippen molar-refractivity contribution in [3.05, 3.63) is 30.3 Å². The van der Waals surface area contributed by atoms with Gasteiger partial charge in [0.05, 0.1) is 6.26 Å². The van der Waals surface area contributed by atoms with Gasteiger partial charge in [-0.1, -0.05) is 0 Å². The van der Waals surface area contributed by atoms with Gasteiger partial charge in [0.25, 0.3) is 0 Å². The standard InChI is InChI=1S/C14H16N4O2/c1-9-16-11(12-5-3-7-20-12)8-13(17-9)18-10-4-2-6-15-14(10)19/h3,5,7-8,10H,2,4,6H2,1H3,(H,15,19)(H,16,17,18)/t10-/m0/s1. The van der Waals surface area contributed by atoms with Crippen molar-refractivity contribution in [3.63, 3.8) is 0 Å². The Bertz CT molecular complexity index is 610. The Morgan fingerprint density at radius 1 is 1.45 bits per heavy atom. The molecule has 0 aromatic carbocycles. The summed E-state index contributed by atoms with van der Waals surface area (Å²) >= 11 is 0. The number of carbonyl (C=O) groups excluding carboxylic acids is 1. The van der Waals surface area contributed by atoms with Crippen LogP contribution in [0, 0.1) is 6.92 Å². The van der Waals surface area contributed by atoms with Gasteiger partial charge in [0.1, 0.15) is 23.4 Å². The minimum Gasteiger partial charge on any atom is -0.463 e. The fourth-order valence-corrected chi connectivity index (χ4v) is 2.28. The van der Waals surface area contributed by atoms with E-state index in [0.29, 0.717) is 23.1 Å². The van der Waals surface area contributed by atoms with Crippen LogP contribution in [0.15, 0.2) is 28.9 Å². The number of nitrogens with zero attached hydrogens (tertiary/aromatic N) is 2. The van der Waals surface area contributed by atoms with Crippen molar-refractivity contribution in [3.8, 4) is 11.5 Å². The molecule has 1 aliphatic rings. The smallest absolute Gasteiger partial charge is 0.242 e. The number of aryl methyl sites for hydroxylation is 1. The van der Waals surface area contributed by atoms with Crippen molar-refractivity contribution in [1.82, 2.24) is 15.3 Å². The number of piperidine rings is 1. The zero-order valence-electron chi connectivity index (χ0n) is 11.2. The molecule has 3 heterocycles. The van der Waals surface area contributed by atoms with Crippen LogP contribution in [0.2, 0.25) is 0 Å². The number of carbonyl (C=O) groups is 1. The van der Waals surface area contributed by atoms with Crippen molar-refractivity contribution < 1.29 is 9.21 Å². The molecule has 2 aromatic rings. The number of nitrogens with one attached hydrogen (secondary N) is 2. The summed E-state index contributed by atoms with van der Waals surface area (Å²) in [5, 5.41) is 6.01. The molecule has 20 heavy (non-hydrogen) atoms. The first-order chi connectivity index (χ1) is 9.72. The topological polar surface area (TPSA) is 80.0 Å². The second kappa shape index (κ2) is 5.32. The fourth-order valence-electron chi connectivity index (χ4n) is 2.28. The first kappa shape index (κ1) is 12.7. The zero-order valence-corrected chi connectivity index (χ0v) is 11.2. The maximum atomic E-state index is 11.8. The highest BCUT2D eigenvalue weighted by Crippen LogP contribution is 2.21. The average molecular weight is 272 g/mol. The first-order valence-electron chi connectivity index (χ1n) is 6.66. The molecule has 1 fully saturated rings. The van der Waals surface area contributed by atoms with Gasteiger partial charge in [-0.3, -0.25) is 4.79 Å². The third-order valence-corrected chi connectivity index (χ3v) is 3.22. The molecule has 0 bridgehead atoms. The normalized spacial score (nSPS) is 18.6. The van der Waals surface area contributed by atoms with Gasteiger partial charge in [-0.15, -0.1) is 0 Å². The maximum absolute atomic E-state index is 11.8. The predicted molar refractivity (Wildman–Crippen MR) is 74.1 cm³/mol. The monoisotopic (exact) mass is 272 g/mol. The lowest BCUT2D eigenvalue weighted by molar-refractivity contribution is -0.123. The van der Waals surface area contributed by atoms with E-state index in [4.69, 9.17) is 4.42 Å². The summed E-state index contributed by atoms with van der Waals surface area (Å²) < 4.78 is 5.34. The Morgan fingerprint density at radius 2 is 2.35 bits per heavy atom. The Hall–Kier alpha value is -2.37. The van der Waals surface area contributed by atoms with E-state index in [0.717, 1.165) is 19.4 Å². The lowest BCUT2D eigenvalue weighted by atomic mass is 10.1. The molecule has 0 unspecified atom stereocenters. The van der Waals surface area contributed by atoms with Crippen LogP contribution in [-0.2, 0) is 4.79 Å². The maximum Gasteiger partial charge on any atom is 0.242 e. The van der Waals surface area contributed by atoms with Crippen LogP contribution in [0.5, 0.6) is 0 Å². The molecule has 0 spiro atoms. The number of anilines is 1. The summed E-state index contributed by atoms with van der Waals surface area (Å²) in [6, 6.07) is 5.23. The summed E-state index contributed by atoms with van der Waals surface area (Å²) in [4.78, 5) is 20.4. The Kier molecular flexibility index (Phi) is 3.37. The van der Waals surface area contributed by atoms with E-state index in [-0.39, 0.29) is 11.9 Å². The predicted octanol–water partition coefficient (Wildman–Crippen LogP) is 1.74. The quantitative estimate of drug-likeness (QED) is 0.889. The summed E-state index contributed by atoms with van der Waals surface area (Å²) in [6.45, 7) is 2.57. The van der Waals surface area contributed by atoms with Gasteiger partial charge in [-0.25, -0.2) is 9.97 Å². The summed E-state index contributed by atoms with van der Waals surface area (Å²) in [5.74, 6) is 1.99. The molecule has 0 aliphatic carbocycles. The highest BCUT2D eigenvalue weighted by atomic mass is 16.3. The van der Waals surface area contributed by atoms with Gasteiger partial charge in [-0.05, 0) is 31.9 Å². The third-order valence-electron chi connectivity index (χ3n) is 3.22. The Balaban J connectivity index is 1.84. The van der Waals surface area contributed by atoms with Crippen molar-refractivity contribution in [2.75, 3.05) is 11.9 Å². The van der Waals surface area contributed by atoms with Crippen molar-refractivity contribution >= 4 is 11.7 Å². The molecule has 6 nitrogen and oxygen atoms in total. The van der Waals surface area contributed by atoms with E-state index in [1.807, 2.05) is 19.1 Å². The van der Waals surface area contributed by atoms with Crippen LogP contribution in [0.3, 0.4) is 0 Å². The lowest BCUT2D eigenvalue weighted by Crippen LogP contribution is -2.44. The summed E-state index contributed by atoms with van der Waals surface area (Å²) in [5.41, 5.74) is 0.709. The van der Waals surface area contributed by atoms with E-state index in [1.165, 1.54) is 0 Å². The molecule has 0 saturated carbocycles. The lowest BCUT2D eigenvalue weighted by Gasteiger charge is -2.23. The number of amides is 1. The van der Waals surface area contributed by atoms with Gasteiger partial charge in [0.15, 0.2) is 5.76 Å². The zero-order chi connectivity index (χ0) is 13.9. The largest absolute Gasteiger partial charge is 0.463 e. The number of rotatable bonds is 3. The third kappa shape index (κ3) is 2.64. The molecule has 3 rings (SSSR count). The second-order valence-electron chi connectivity index (χ2n) is 4.79. The highest BCUT2D eigenvalue weighted by Gasteiger charge is 2.22. The van der Waals surface area contributed by atoms with E-state index in [2.05, 4.69) is 20.6 Å². The minimum absolute atomic E-state index is 0.0204. The van der Waals surface area contributed by atoms with Gasteiger partial charge >= 0.3 is 0 Å². The van der Waals surface area contributed by atoms with E-state index >= 15 is 0 Å². The van der Waals surface area contributed by atoms with Gasteiger partial charge in [0, 0.05) is 12.6 Å². The molecule has 0 radical (unpaired) electrons. The summed E-state index contributed by atoms with van der Waals surface area (Å²) in [7, 11) is 0. The second-order valence-corrected chi connectivity index (χ2v) is 4.79. The molecule has 1 aliphatic heterocycles. The first-order valence-corrected chi connectivity index (χ1v) is 6.66. The van der Waals surface area contributed by atoms with Gasteiger partial charge < -0.3 is 15.1 Å². The molecule has 2 aromatic heterocycles. The number of hydrogen-bond acceptors (Lipinski definition) is 5. The number of hydrogen-bond donors (Lipinski definition) is 2. The van der Waals surface area contributed by atoms with Crippen LogP contribution in [0.25, 0.3) is 11.5 Å². The van der Waals surface area contributed by atoms with Crippen LogP contribution in [-0.4, -0.2) is 28.5 Å². The van der Waals surface area contributed by atoms with E-state index in [9.17, 15) is 4.79 Å². The molecule has 1 atom stereocenters. The Morgan fingerprint density at radius 3 is 3.10 bits per heavy atom. The SMILES string of the molecule is Cc1nc(N[C@H]2CCCNC2=O)cc(-c2ccco2)n1. The van der Waals surface area contributed by atoms with Crippen LogP contribution < -0.4 is 10.6 Å². The Labute approximate surface area is 116 Å². The summed E-state index contributed by atoms with van der Waals surface area (Å²) in [6.07, 6.45) is 3.39. The molecule has 2 N–H and O–H groups in total. The van der Waals surface area contributed by atoms with Gasteiger partial charge in [0.2, 0.25) is 5.91 Å². The fraction of sp³-hybridized carbons (Fsp3) is 0.357. The molecular weight excluding hydrogens is 256 g/mol. The number of aromatic nitrogens is 2. The highest BCUT2D eigenvalue weighted by molar-refractivity contribution is 5.85. The molecular formula is C14H16N4O2. The van der Waals surface area contributed by atoms with Crippen LogP contribution in [0.1, 0.15) is 18.7 Å². The average Bonchev–Trinajstić information content (AvgIpc) is 2.95. The molecule has 104 valence electrons. The van der Waals surface area contributed by atoms with Crippen molar-refractivity contribution in [2.45, 2.75) is 25.8 Å². The van der Waals surface area contributed by atoms with Gasteiger partial charge in [-0.2, -0.15) is 0 Å². The van der Waals surface area contributed by atoms with Crippen molar-refractivity contribution in [2.24, 2.45) is 0 Å².